The third kappa shape index (κ3) is 1.96. The minimum absolute atomic E-state index is 0.0405. The molecule has 0 aromatic rings. The van der Waals surface area contributed by atoms with Gasteiger partial charge in [0.25, 0.3) is 0 Å². The smallest absolute Gasteiger partial charge is 0.0576 e. The van der Waals surface area contributed by atoms with Gasteiger partial charge in [-0.3, -0.25) is 0 Å². The summed E-state index contributed by atoms with van der Waals surface area (Å²) in [6.07, 6.45) is 4.64. The summed E-state index contributed by atoms with van der Waals surface area (Å²) < 4.78 is 0. The van der Waals surface area contributed by atoms with Crippen molar-refractivity contribution < 1.29 is 5.11 Å². The van der Waals surface area contributed by atoms with E-state index in [9.17, 15) is 5.11 Å². The van der Waals surface area contributed by atoms with E-state index in [-0.39, 0.29) is 6.10 Å². The molecule has 2 saturated carbocycles. The highest BCUT2D eigenvalue weighted by Crippen LogP contribution is 2.54. The van der Waals surface area contributed by atoms with E-state index in [1.807, 2.05) is 0 Å². The highest BCUT2D eigenvalue weighted by molar-refractivity contribution is 5.00. The van der Waals surface area contributed by atoms with E-state index in [1.165, 1.54) is 12.8 Å². The molecule has 0 heterocycles. The molecule has 0 aliphatic heterocycles. The summed E-state index contributed by atoms with van der Waals surface area (Å²) in [6, 6.07) is 0.291. The highest BCUT2D eigenvalue weighted by atomic mass is 16.3. The standard InChI is InChI=1S/C12H23NO/c1-7(13)5-9-3-4-10-8(2)12(10)11(14)6-9/h7-12,14H,3-6,13H2,1-2H3. The number of aliphatic hydroxyl groups is 1. The Bertz CT molecular complexity index is 204. The number of fused-ring (bicyclic) bond motifs is 1. The summed E-state index contributed by atoms with van der Waals surface area (Å²) in [5, 5.41) is 10.0. The van der Waals surface area contributed by atoms with Crippen LogP contribution in [0.25, 0.3) is 0 Å². The predicted octanol–water partition coefficient (Wildman–Crippen LogP) is 1.77. The Labute approximate surface area is 86.9 Å². The predicted molar refractivity (Wildman–Crippen MR) is 57.8 cm³/mol. The van der Waals surface area contributed by atoms with Crippen molar-refractivity contribution in [1.29, 1.82) is 0 Å². The molecule has 0 amide bonds. The first-order chi connectivity index (χ1) is 6.59. The van der Waals surface area contributed by atoms with Gasteiger partial charge in [0.15, 0.2) is 0 Å². The van der Waals surface area contributed by atoms with Crippen LogP contribution in [0.1, 0.15) is 39.5 Å². The van der Waals surface area contributed by atoms with E-state index >= 15 is 0 Å². The molecule has 2 heteroatoms. The van der Waals surface area contributed by atoms with Gasteiger partial charge in [0.05, 0.1) is 6.10 Å². The van der Waals surface area contributed by atoms with Crippen LogP contribution in [0.5, 0.6) is 0 Å². The fourth-order valence-corrected chi connectivity index (χ4v) is 3.46. The molecule has 2 fully saturated rings. The molecule has 2 aliphatic carbocycles. The fraction of sp³-hybridized carbons (Fsp3) is 1.00. The maximum atomic E-state index is 10.0. The van der Waals surface area contributed by atoms with E-state index in [4.69, 9.17) is 5.73 Å². The second kappa shape index (κ2) is 3.82. The van der Waals surface area contributed by atoms with Crippen LogP contribution in [0.4, 0.5) is 0 Å². The maximum Gasteiger partial charge on any atom is 0.0576 e. The van der Waals surface area contributed by atoms with Crippen molar-refractivity contribution >= 4 is 0 Å². The molecule has 6 atom stereocenters. The van der Waals surface area contributed by atoms with Crippen LogP contribution in [0.15, 0.2) is 0 Å². The zero-order valence-electron chi connectivity index (χ0n) is 9.32. The van der Waals surface area contributed by atoms with Crippen LogP contribution in [0.3, 0.4) is 0 Å². The summed E-state index contributed by atoms with van der Waals surface area (Å²) >= 11 is 0. The Balaban J connectivity index is 1.88. The lowest BCUT2D eigenvalue weighted by Crippen LogP contribution is -2.23. The Kier molecular flexibility index (Phi) is 2.85. The minimum Gasteiger partial charge on any atom is -0.393 e. The van der Waals surface area contributed by atoms with Gasteiger partial charge in [-0.1, -0.05) is 13.3 Å². The van der Waals surface area contributed by atoms with Gasteiger partial charge in [0, 0.05) is 6.04 Å². The lowest BCUT2D eigenvalue weighted by molar-refractivity contribution is 0.115. The molecule has 82 valence electrons. The SMILES string of the molecule is CC(N)CC1CCC2C(C)C2C(O)C1. The second-order valence-corrected chi connectivity index (χ2v) is 5.56. The monoisotopic (exact) mass is 197 g/mol. The summed E-state index contributed by atoms with van der Waals surface area (Å²) in [7, 11) is 0. The van der Waals surface area contributed by atoms with Gasteiger partial charge < -0.3 is 10.8 Å². The molecule has 6 unspecified atom stereocenters. The molecule has 2 rings (SSSR count). The molecule has 14 heavy (non-hydrogen) atoms. The average molecular weight is 197 g/mol. The van der Waals surface area contributed by atoms with Gasteiger partial charge in [-0.15, -0.1) is 0 Å². The average Bonchev–Trinajstić information content (AvgIpc) is 2.73. The van der Waals surface area contributed by atoms with Crippen molar-refractivity contribution in [1.82, 2.24) is 0 Å². The molecule has 2 aliphatic rings. The second-order valence-electron chi connectivity index (χ2n) is 5.56. The van der Waals surface area contributed by atoms with E-state index in [2.05, 4.69) is 13.8 Å². The third-order valence-corrected chi connectivity index (χ3v) is 4.27. The summed E-state index contributed by atoms with van der Waals surface area (Å²) in [5.74, 6) is 2.89. The third-order valence-electron chi connectivity index (χ3n) is 4.27. The van der Waals surface area contributed by atoms with Gasteiger partial charge in [0.2, 0.25) is 0 Å². The first-order valence-corrected chi connectivity index (χ1v) is 6.03. The molecule has 0 saturated heterocycles. The first kappa shape index (κ1) is 10.4. The van der Waals surface area contributed by atoms with E-state index in [0.717, 1.165) is 24.7 Å². The van der Waals surface area contributed by atoms with Gasteiger partial charge in [0.1, 0.15) is 0 Å². The molecule has 3 N–H and O–H groups in total. The lowest BCUT2D eigenvalue weighted by Gasteiger charge is -2.20. The number of nitrogens with two attached hydrogens (primary N) is 1. The van der Waals surface area contributed by atoms with E-state index in [0.29, 0.717) is 17.9 Å². The number of hydrogen-bond acceptors (Lipinski definition) is 2. The Morgan fingerprint density at radius 1 is 1.43 bits per heavy atom. The number of rotatable bonds is 2. The topological polar surface area (TPSA) is 46.2 Å². The van der Waals surface area contributed by atoms with Crippen molar-refractivity contribution in [2.75, 3.05) is 0 Å². The zero-order valence-corrected chi connectivity index (χ0v) is 9.32. The maximum absolute atomic E-state index is 10.0. The van der Waals surface area contributed by atoms with Gasteiger partial charge >= 0.3 is 0 Å². The van der Waals surface area contributed by atoms with Crippen LogP contribution in [-0.2, 0) is 0 Å². The number of aliphatic hydroxyl groups excluding tert-OH is 1. The van der Waals surface area contributed by atoms with Crippen LogP contribution < -0.4 is 5.73 Å². The molecular weight excluding hydrogens is 174 g/mol. The summed E-state index contributed by atoms with van der Waals surface area (Å²) in [5.41, 5.74) is 5.81. The van der Waals surface area contributed by atoms with Crippen LogP contribution >= 0.6 is 0 Å². The van der Waals surface area contributed by atoms with Gasteiger partial charge in [-0.25, -0.2) is 0 Å². The molecule has 0 radical (unpaired) electrons. The van der Waals surface area contributed by atoms with Crippen molar-refractivity contribution in [2.24, 2.45) is 29.4 Å². The Morgan fingerprint density at radius 3 is 2.79 bits per heavy atom. The van der Waals surface area contributed by atoms with Gasteiger partial charge in [-0.05, 0) is 49.9 Å². The lowest BCUT2D eigenvalue weighted by atomic mass is 9.90. The van der Waals surface area contributed by atoms with Crippen molar-refractivity contribution in [3.63, 3.8) is 0 Å². The molecule has 0 bridgehead atoms. The van der Waals surface area contributed by atoms with E-state index < -0.39 is 0 Å². The Morgan fingerprint density at radius 2 is 2.14 bits per heavy atom. The zero-order chi connectivity index (χ0) is 10.3. The van der Waals surface area contributed by atoms with Crippen LogP contribution in [-0.4, -0.2) is 17.3 Å². The molecule has 0 spiro atoms. The van der Waals surface area contributed by atoms with Crippen molar-refractivity contribution in [3.8, 4) is 0 Å². The molecular formula is C12H23NO. The van der Waals surface area contributed by atoms with Crippen molar-refractivity contribution in [3.05, 3.63) is 0 Å². The van der Waals surface area contributed by atoms with E-state index in [1.54, 1.807) is 0 Å². The number of hydrogen-bond donors (Lipinski definition) is 2. The summed E-state index contributed by atoms with van der Waals surface area (Å²) in [4.78, 5) is 0. The van der Waals surface area contributed by atoms with Crippen molar-refractivity contribution in [2.45, 2.75) is 51.7 Å². The molecule has 0 aromatic heterocycles. The van der Waals surface area contributed by atoms with Crippen LogP contribution in [0, 0.1) is 23.7 Å². The Hall–Kier alpha value is -0.0800. The quantitative estimate of drug-likeness (QED) is 0.708. The molecule has 2 nitrogen and oxygen atoms in total. The normalized spacial score (nSPS) is 49.3. The minimum atomic E-state index is -0.0405. The summed E-state index contributed by atoms with van der Waals surface area (Å²) in [6.45, 7) is 4.35. The first-order valence-electron chi connectivity index (χ1n) is 6.03. The van der Waals surface area contributed by atoms with Gasteiger partial charge in [-0.2, -0.15) is 0 Å². The van der Waals surface area contributed by atoms with Crippen LogP contribution in [0.2, 0.25) is 0 Å². The highest BCUT2D eigenvalue weighted by Gasteiger charge is 2.51. The fourth-order valence-electron chi connectivity index (χ4n) is 3.46. The molecule has 0 aromatic carbocycles. The largest absolute Gasteiger partial charge is 0.393 e.